The number of piperidine rings is 1. The lowest BCUT2D eigenvalue weighted by atomic mass is 10.0. The second-order valence-corrected chi connectivity index (χ2v) is 7.81. The average molecular weight is 495 g/mol. The number of carbonyl (C=O) groups excluding carboxylic acids is 4. The standard InChI is InChI=1S/C22H17F4N3O6/c1-28(16-5-4-13(9-15(16)23)35-22(24,25)26)21(33)34-12-3-2-11-10-29(20(32)14(11)8-12)17-6-7-18(30)27-19(17)31/h2-5,8-9,17H,6-7,10H2,1H3,(H,27,30,31). The topological polar surface area (TPSA) is 105 Å². The van der Waals surface area contributed by atoms with Gasteiger partial charge < -0.3 is 14.4 Å². The van der Waals surface area contributed by atoms with Crippen LogP contribution in [0, 0.1) is 5.82 Å². The van der Waals surface area contributed by atoms with Crippen LogP contribution in [-0.2, 0) is 16.1 Å². The highest BCUT2D eigenvalue weighted by Crippen LogP contribution is 2.31. The second kappa shape index (κ2) is 8.89. The predicted molar refractivity (Wildman–Crippen MR) is 110 cm³/mol. The summed E-state index contributed by atoms with van der Waals surface area (Å²) in [7, 11) is 1.15. The van der Waals surface area contributed by atoms with E-state index < -0.39 is 47.8 Å². The number of halogens is 4. The third-order valence-corrected chi connectivity index (χ3v) is 5.49. The molecule has 1 unspecified atom stereocenters. The lowest BCUT2D eigenvalue weighted by molar-refractivity contribution is -0.274. The van der Waals surface area contributed by atoms with Crippen molar-refractivity contribution in [2.75, 3.05) is 11.9 Å². The first-order chi connectivity index (χ1) is 16.4. The average Bonchev–Trinajstić information content (AvgIpc) is 3.08. The molecule has 1 saturated heterocycles. The molecule has 1 N–H and O–H groups in total. The maximum absolute atomic E-state index is 14.3. The summed E-state index contributed by atoms with van der Waals surface area (Å²) in [4.78, 5) is 50.9. The minimum Gasteiger partial charge on any atom is -0.410 e. The van der Waals surface area contributed by atoms with Crippen LogP contribution in [0.15, 0.2) is 36.4 Å². The highest BCUT2D eigenvalue weighted by molar-refractivity contribution is 6.05. The first-order valence-electron chi connectivity index (χ1n) is 10.2. The van der Waals surface area contributed by atoms with Gasteiger partial charge in [0.1, 0.15) is 17.5 Å². The van der Waals surface area contributed by atoms with E-state index in [0.717, 1.165) is 24.1 Å². The molecular weight excluding hydrogens is 478 g/mol. The highest BCUT2D eigenvalue weighted by Gasteiger charge is 2.39. The van der Waals surface area contributed by atoms with Gasteiger partial charge in [0.15, 0.2) is 5.82 Å². The van der Waals surface area contributed by atoms with Gasteiger partial charge in [0.05, 0.1) is 5.69 Å². The number of nitrogens with zero attached hydrogens (tertiary/aromatic N) is 2. The zero-order valence-corrected chi connectivity index (χ0v) is 18.0. The van der Waals surface area contributed by atoms with Gasteiger partial charge in [-0.05, 0) is 36.2 Å². The monoisotopic (exact) mass is 495 g/mol. The Bertz CT molecular complexity index is 1230. The van der Waals surface area contributed by atoms with Crippen LogP contribution in [0.1, 0.15) is 28.8 Å². The summed E-state index contributed by atoms with van der Waals surface area (Å²) >= 11 is 0. The van der Waals surface area contributed by atoms with Crippen LogP contribution in [0.5, 0.6) is 11.5 Å². The lowest BCUT2D eigenvalue weighted by Crippen LogP contribution is -2.52. The number of imide groups is 1. The molecule has 2 aromatic carbocycles. The Hall–Kier alpha value is -4.16. The summed E-state index contributed by atoms with van der Waals surface area (Å²) in [6.45, 7) is 0.131. The molecule has 2 aliphatic heterocycles. The molecule has 13 heteroatoms. The van der Waals surface area contributed by atoms with Gasteiger partial charge in [-0.1, -0.05) is 6.07 Å². The Morgan fingerprint density at radius 1 is 1.11 bits per heavy atom. The molecule has 35 heavy (non-hydrogen) atoms. The van der Waals surface area contributed by atoms with Crippen molar-refractivity contribution in [3.8, 4) is 11.5 Å². The van der Waals surface area contributed by atoms with Crippen LogP contribution in [-0.4, -0.2) is 48.2 Å². The fraction of sp³-hybridized carbons (Fsp3) is 0.273. The summed E-state index contributed by atoms with van der Waals surface area (Å²) in [6.07, 6.45) is -5.78. The van der Waals surface area contributed by atoms with Crippen molar-refractivity contribution in [3.05, 3.63) is 53.3 Å². The molecular formula is C22H17F4N3O6. The van der Waals surface area contributed by atoms with Crippen LogP contribution >= 0.6 is 0 Å². The zero-order chi connectivity index (χ0) is 25.5. The fourth-order valence-corrected chi connectivity index (χ4v) is 3.82. The zero-order valence-electron chi connectivity index (χ0n) is 18.0. The summed E-state index contributed by atoms with van der Waals surface area (Å²) in [5.74, 6) is -3.45. The number of benzene rings is 2. The number of hydrogen-bond acceptors (Lipinski definition) is 6. The third-order valence-electron chi connectivity index (χ3n) is 5.49. The highest BCUT2D eigenvalue weighted by atomic mass is 19.4. The molecule has 9 nitrogen and oxygen atoms in total. The van der Waals surface area contributed by atoms with Crippen molar-refractivity contribution in [1.29, 1.82) is 0 Å². The minimum absolute atomic E-state index is 0.0449. The van der Waals surface area contributed by atoms with E-state index in [4.69, 9.17) is 4.74 Å². The molecule has 1 fully saturated rings. The summed E-state index contributed by atoms with van der Waals surface area (Å²) in [5.41, 5.74) is 0.410. The van der Waals surface area contributed by atoms with Crippen molar-refractivity contribution < 1.29 is 46.2 Å². The van der Waals surface area contributed by atoms with E-state index in [1.54, 1.807) is 0 Å². The Morgan fingerprint density at radius 2 is 1.83 bits per heavy atom. The van der Waals surface area contributed by atoms with Crippen LogP contribution in [0.4, 0.5) is 28.0 Å². The second-order valence-electron chi connectivity index (χ2n) is 7.81. The SMILES string of the molecule is CN(C(=O)Oc1ccc2c(c1)C(=O)N(C1CCC(=O)NC1=O)C2)c1ccc(OC(F)(F)F)cc1F. The first kappa shape index (κ1) is 24.0. The van der Waals surface area contributed by atoms with Gasteiger partial charge in [-0.3, -0.25) is 24.6 Å². The number of rotatable bonds is 4. The van der Waals surface area contributed by atoms with E-state index in [1.165, 1.54) is 23.1 Å². The maximum atomic E-state index is 14.3. The molecule has 0 spiro atoms. The van der Waals surface area contributed by atoms with Crippen molar-refractivity contribution in [1.82, 2.24) is 10.2 Å². The van der Waals surface area contributed by atoms with Gasteiger partial charge in [-0.25, -0.2) is 9.18 Å². The number of amides is 4. The van der Waals surface area contributed by atoms with Crippen molar-refractivity contribution in [3.63, 3.8) is 0 Å². The fourth-order valence-electron chi connectivity index (χ4n) is 3.82. The number of anilines is 1. The van der Waals surface area contributed by atoms with Gasteiger partial charge in [0, 0.05) is 31.6 Å². The quantitative estimate of drug-likeness (QED) is 0.516. The number of nitrogens with one attached hydrogen (secondary N) is 1. The van der Waals surface area contributed by atoms with Crippen molar-refractivity contribution in [2.24, 2.45) is 0 Å². The Kier molecular flexibility index (Phi) is 6.09. The first-order valence-corrected chi connectivity index (χ1v) is 10.2. The van der Waals surface area contributed by atoms with Crippen LogP contribution in [0.2, 0.25) is 0 Å². The molecule has 2 aliphatic rings. The van der Waals surface area contributed by atoms with E-state index in [-0.39, 0.29) is 36.4 Å². The molecule has 2 heterocycles. The molecule has 184 valence electrons. The van der Waals surface area contributed by atoms with Crippen LogP contribution < -0.4 is 19.7 Å². The van der Waals surface area contributed by atoms with E-state index in [9.17, 15) is 36.7 Å². The molecule has 4 amide bonds. The molecule has 0 radical (unpaired) electrons. The van der Waals surface area contributed by atoms with E-state index in [0.29, 0.717) is 11.6 Å². The van der Waals surface area contributed by atoms with Crippen LogP contribution in [0.25, 0.3) is 0 Å². The molecule has 0 aliphatic carbocycles. The van der Waals surface area contributed by atoms with Crippen LogP contribution in [0.3, 0.4) is 0 Å². The number of carbonyl (C=O) groups is 4. The summed E-state index contributed by atoms with van der Waals surface area (Å²) in [6, 6.07) is 5.66. The van der Waals surface area contributed by atoms with Gasteiger partial charge in [-0.15, -0.1) is 13.2 Å². The normalized spacial score (nSPS) is 17.7. The summed E-state index contributed by atoms with van der Waals surface area (Å²) < 4.78 is 60.0. The van der Waals surface area contributed by atoms with Gasteiger partial charge in [-0.2, -0.15) is 0 Å². The molecule has 4 rings (SSSR count). The lowest BCUT2D eigenvalue weighted by Gasteiger charge is -2.29. The van der Waals surface area contributed by atoms with Crippen molar-refractivity contribution in [2.45, 2.75) is 31.8 Å². The maximum Gasteiger partial charge on any atom is 0.573 e. The molecule has 0 saturated carbocycles. The molecule has 2 aromatic rings. The predicted octanol–water partition coefficient (Wildman–Crippen LogP) is 3.12. The third kappa shape index (κ3) is 5.03. The minimum atomic E-state index is -5.00. The van der Waals surface area contributed by atoms with Gasteiger partial charge in [0.2, 0.25) is 11.8 Å². The number of hydrogen-bond donors (Lipinski definition) is 1. The molecule has 0 aromatic heterocycles. The number of alkyl halides is 3. The molecule has 0 bridgehead atoms. The Morgan fingerprint density at radius 3 is 2.49 bits per heavy atom. The summed E-state index contributed by atoms with van der Waals surface area (Å²) in [5, 5.41) is 2.20. The molecule has 1 atom stereocenters. The number of ether oxygens (including phenoxy) is 2. The largest absolute Gasteiger partial charge is 0.573 e. The van der Waals surface area contributed by atoms with E-state index in [2.05, 4.69) is 10.1 Å². The Labute approximate surface area is 195 Å². The number of fused-ring (bicyclic) bond motifs is 1. The van der Waals surface area contributed by atoms with Gasteiger partial charge in [0.25, 0.3) is 5.91 Å². The van der Waals surface area contributed by atoms with E-state index in [1.807, 2.05) is 0 Å². The Balaban J connectivity index is 1.46. The van der Waals surface area contributed by atoms with Gasteiger partial charge >= 0.3 is 12.5 Å². The van der Waals surface area contributed by atoms with E-state index >= 15 is 0 Å². The smallest absolute Gasteiger partial charge is 0.410 e. The van der Waals surface area contributed by atoms with Crippen molar-refractivity contribution >= 4 is 29.5 Å².